The van der Waals surface area contributed by atoms with Crippen molar-refractivity contribution in [2.45, 2.75) is 0 Å². The second kappa shape index (κ2) is 10.8. The normalized spacial score (nSPS) is 14.3. The van der Waals surface area contributed by atoms with Crippen LogP contribution in [0.3, 0.4) is 0 Å². The van der Waals surface area contributed by atoms with Gasteiger partial charge in [-0.05, 0) is 53.3 Å². The van der Waals surface area contributed by atoms with Crippen LogP contribution in [-0.2, 0) is 4.79 Å². The van der Waals surface area contributed by atoms with Crippen LogP contribution in [0.25, 0.3) is 0 Å². The Hall–Kier alpha value is -1.58. The van der Waals surface area contributed by atoms with Crippen molar-refractivity contribution in [3.05, 3.63) is 50.4 Å². The van der Waals surface area contributed by atoms with Gasteiger partial charge >= 0.3 is 0 Å². The van der Waals surface area contributed by atoms with Gasteiger partial charge in [0.15, 0.2) is 18.1 Å². The number of thiocarbonyl (C=S) groups is 1. The fraction of sp³-hybridized carbons (Fsp3) is 0.333. The van der Waals surface area contributed by atoms with Gasteiger partial charge in [0.2, 0.25) is 0 Å². The van der Waals surface area contributed by atoms with Crippen molar-refractivity contribution in [1.82, 2.24) is 9.80 Å². The van der Waals surface area contributed by atoms with Crippen LogP contribution in [0.15, 0.2) is 34.8 Å². The van der Waals surface area contributed by atoms with E-state index in [4.69, 9.17) is 44.9 Å². The first-order valence-corrected chi connectivity index (χ1v) is 11.5. The molecule has 1 N–H and O–H groups in total. The van der Waals surface area contributed by atoms with Crippen molar-refractivity contribution in [2.24, 2.45) is 0 Å². The van der Waals surface area contributed by atoms with Crippen LogP contribution >= 0.6 is 51.3 Å². The monoisotopic (exact) mass is 545 g/mol. The molecule has 166 valence electrons. The number of nitrogens with one attached hydrogen (secondary N) is 1. The van der Waals surface area contributed by atoms with Gasteiger partial charge in [0.1, 0.15) is 4.99 Å². The number of carbonyl (C=O) groups excluding carboxylic acids is 1. The topological polar surface area (TPSA) is 54.0 Å². The highest BCUT2D eigenvalue weighted by atomic mass is 79.9. The summed E-state index contributed by atoms with van der Waals surface area (Å²) in [5.74, 6) is 0.551. The van der Waals surface area contributed by atoms with Gasteiger partial charge in [-0.15, -0.1) is 0 Å². The zero-order chi connectivity index (χ0) is 22.5. The second-order valence-corrected chi connectivity index (χ2v) is 9.19. The molecule has 0 aliphatic carbocycles. The summed E-state index contributed by atoms with van der Waals surface area (Å²) < 4.78 is 11.9. The molecule has 0 unspecified atom stereocenters. The summed E-state index contributed by atoms with van der Waals surface area (Å²) in [4.78, 5) is 17.5. The molecule has 0 aromatic heterocycles. The van der Waals surface area contributed by atoms with Crippen LogP contribution in [0, 0.1) is 0 Å². The lowest BCUT2D eigenvalue weighted by molar-refractivity contribution is -0.118. The highest BCUT2D eigenvalue weighted by Gasteiger charge is 2.21. The van der Waals surface area contributed by atoms with Crippen molar-refractivity contribution < 1.29 is 14.3 Å². The molecule has 0 radical (unpaired) electrons. The predicted octanol–water partition coefficient (Wildman–Crippen LogP) is 4.70. The van der Waals surface area contributed by atoms with E-state index in [-0.39, 0.29) is 12.5 Å². The van der Waals surface area contributed by atoms with Crippen LogP contribution in [0.1, 0.15) is 5.56 Å². The summed E-state index contributed by atoms with van der Waals surface area (Å²) in [6.45, 7) is 3.46. The molecular weight excluding hydrogens is 525 g/mol. The zero-order valence-corrected chi connectivity index (χ0v) is 21.0. The summed E-state index contributed by atoms with van der Waals surface area (Å²) in [7, 11) is 3.65. The third-order valence-corrected chi connectivity index (χ3v) is 6.28. The summed E-state index contributed by atoms with van der Waals surface area (Å²) >= 11 is 21.1. The molecule has 3 rings (SSSR count). The second-order valence-electron chi connectivity index (χ2n) is 7.08. The number of ether oxygens (including phenoxy) is 2. The number of piperazine rings is 1. The Morgan fingerprint density at radius 3 is 2.39 bits per heavy atom. The number of rotatable bonds is 6. The number of amides is 1. The number of carbonyl (C=O) groups is 1. The molecule has 10 heteroatoms. The van der Waals surface area contributed by atoms with Crippen LogP contribution in [0.4, 0.5) is 5.69 Å². The Bertz CT molecular complexity index is 964. The molecule has 1 saturated heterocycles. The number of methoxy groups -OCH3 is 1. The largest absolute Gasteiger partial charge is 0.493 e. The van der Waals surface area contributed by atoms with E-state index in [0.29, 0.717) is 31.7 Å². The van der Waals surface area contributed by atoms with E-state index in [1.165, 1.54) is 0 Å². The fourth-order valence-electron chi connectivity index (χ4n) is 3.14. The molecule has 6 nitrogen and oxygen atoms in total. The van der Waals surface area contributed by atoms with E-state index in [2.05, 4.69) is 38.1 Å². The molecule has 2 aromatic rings. The first kappa shape index (κ1) is 24.1. The maximum Gasteiger partial charge on any atom is 0.262 e. The number of benzene rings is 2. The van der Waals surface area contributed by atoms with Crippen LogP contribution in [0.5, 0.6) is 11.5 Å². The number of likely N-dealkylation sites (N-methyl/N-ethyl adjacent to an activating group) is 1. The van der Waals surface area contributed by atoms with E-state index in [9.17, 15) is 4.79 Å². The Morgan fingerprint density at radius 2 is 1.77 bits per heavy atom. The summed E-state index contributed by atoms with van der Waals surface area (Å²) in [6, 6.07) is 8.51. The van der Waals surface area contributed by atoms with E-state index in [1.54, 1.807) is 25.3 Å². The van der Waals surface area contributed by atoms with E-state index < -0.39 is 0 Å². The number of anilines is 1. The van der Waals surface area contributed by atoms with Crippen molar-refractivity contribution >= 4 is 67.9 Å². The molecular formula is C21H22BrCl2N3O3S. The van der Waals surface area contributed by atoms with Crippen molar-refractivity contribution in [3.63, 3.8) is 0 Å². The molecule has 2 aromatic carbocycles. The highest BCUT2D eigenvalue weighted by Crippen LogP contribution is 2.37. The molecule has 1 aliphatic heterocycles. The molecule has 0 saturated carbocycles. The Morgan fingerprint density at radius 1 is 1.13 bits per heavy atom. The average molecular weight is 547 g/mol. The standard InChI is InChI=1S/C21H22BrCl2N3O3S/c1-26-3-5-27(6-4-26)21(31)13-7-17(22)20(18(8-13)29-2)30-12-19(28)25-16-10-14(23)9-15(24)11-16/h7-11H,3-6,12H2,1-2H3,(H,25,28). The molecule has 1 amide bonds. The van der Waals surface area contributed by atoms with Gasteiger partial charge in [-0.3, -0.25) is 4.79 Å². The van der Waals surface area contributed by atoms with Crippen molar-refractivity contribution in [1.29, 1.82) is 0 Å². The van der Waals surface area contributed by atoms with E-state index in [1.807, 2.05) is 12.1 Å². The summed E-state index contributed by atoms with van der Waals surface area (Å²) in [5, 5.41) is 3.57. The first-order chi connectivity index (χ1) is 14.8. The highest BCUT2D eigenvalue weighted by molar-refractivity contribution is 9.10. The average Bonchev–Trinajstić information content (AvgIpc) is 2.71. The van der Waals surface area contributed by atoms with Gasteiger partial charge in [0.25, 0.3) is 5.91 Å². The molecule has 1 aliphatic rings. The maximum absolute atomic E-state index is 12.3. The van der Waals surface area contributed by atoms with Gasteiger partial charge in [-0.2, -0.15) is 0 Å². The van der Waals surface area contributed by atoms with E-state index in [0.717, 1.165) is 36.7 Å². The van der Waals surface area contributed by atoms with Gasteiger partial charge < -0.3 is 24.6 Å². The Balaban J connectivity index is 1.68. The van der Waals surface area contributed by atoms with Gasteiger partial charge in [0.05, 0.1) is 11.6 Å². The molecule has 31 heavy (non-hydrogen) atoms. The van der Waals surface area contributed by atoms with Crippen molar-refractivity contribution in [2.75, 3.05) is 52.3 Å². The lowest BCUT2D eigenvalue weighted by Gasteiger charge is -2.34. The lowest BCUT2D eigenvalue weighted by atomic mass is 10.1. The smallest absolute Gasteiger partial charge is 0.262 e. The minimum Gasteiger partial charge on any atom is -0.493 e. The molecule has 0 bridgehead atoms. The SMILES string of the molecule is COc1cc(C(=S)N2CCN(C)CC2)cc(Br)c1OCC(=O)Nc1cc(Cl)cc(Cl)c1. The van der Waals surface area contributed by atoms with Crippen molar-refractivity contribution in [3.8, 4) is 11.5 Å². The fourth-order valence-corrected chi connectivity index (χ4v) is 4.52. The summed E-state index contributed by atoms with van der Waals surface area (Å²) in [6.07, 6.45) is 0. The molecule has 0 atom stereocenters. The van der Waals surface area contributed by atoms with Crippen LogP contribution in [0.2, 0.25) is 10.0 Å². The van der Waals surface area contributed by atoms with Crippen LogP contribution < -0.4 is 14.8 Å². The number of nitrogens with zero attached hydrogens (tertiary/aromatic N) is 2. The minimum atomic E-state index is -0.357. The van der Waals surface area contributed by atoms with Gasteiger partial charge in [-0.25, -0.2) is 0 Å². The molecule has 1 fully saturated rings. The van der Waals surface area contributed by atoms with E-state index >= 15 is 0 Å². The number of halogens is 3. The van der Waals surface area contributed by atoms with Gasteiger partial charge in [0, 0.05) is 47.5 Å². The molecule has 0 spiro atoms. The Kier molecular flexibility index (Phi) is 8.41. The summed E-state index contributed by atoms with van der Waals surface area (Å²) in [5.41, 5.74) is 1.35. The Labute approximate surface area is 205 Å². The predicted molar refractivity (Wildman–Crippen MR) is 132 cm³/mol. The number of hydrogen-bond donors (Lipinski definition) is 1. The zero-order valence-electron chi connectivity index (χ0n) is 17.1. The maximum atomic E-state index is 12.3. The quantitative estimate of drug-likeness (QED) is 0.530. The lowest BCUT2D eigenvalue weighted by Crippen LogP contribution is -2.46. The third kappa shape index (κ3) is 6.46. The third-order valence-electron chi connectivity index (χ3n) is 4.76. The molecule has 1 heterocycles. The van der Waals surface area contributed by atoms with Crippen LogP contribution in [-0.4, -0.2) is 67.6 Å². The number of hydrogen-bond acceptors (Lipinski definition) is 5. The van der Waals surface area contributed by atoms with Gasteiger partial charge in [-0.1, -0.05) is 35.4 Å². The first-order valence-electron chi connectivity index (χ1n) is 9.51. The minimum absolute atomic E-state index is 0.221.